The van der Waals surface area contributed by atoms with E-state index in [4.69, 9.17) is 5.84 Å². The van der Waals surface area contributed by atoms with Crippen molar-refractivity contribution in [3.63, 3.8) is 0 Å². The molecule has 2 atom stereocenters. The summed E-state index contributed by atoms with van der Waals surface area (Å²) >= 11 is 0. The van der Waals surface area contributed by atoms with Gasteiger partial charge in [-0.05, 0) is 39.9 Å². The Morgan fingerprint density at radius 1 is 1.47 bits per heavy atom. The van der Waals surface area contributed by atoms with Gasteiger partial charge in [0.15, 0.2) is 0 Å². The summed E-state index contributed by atoms with van der Waals surface area (Å²) in [5.74, 6) is 5.80. The smallest absolute Gasteiger partial charge is 0.0624 e. The van der Waals surface area contributed by atoms with E-state index in [2.05, 4.69) is 56.4 Å². The van der Waals surface area contributed by atoms with Crippen molar-refractivity contribution in [3.8, 4) is 0 Å². The first kappa shape index (κ1) is 16.1. The van der Waals surface area contributed by atoms with E-state index >= 15 is 0 Å². The minimum atomic E-state index is 0.0192. The second-order valence-corrected chi connectivity index (χ2v) is 5.63. The number of aryl methyl sites for hydroxylation is 2. The Kier molecular flexibility index (Phi) is 5.52. The van der Waals surface area contributed by atoms with Gasteiger partial charge < -0.3 is 4.90 Å². The molecule has 0 aromatic carbocycles. The minimum absolute atomic E-state index is 0.0192. The van der Waals surface area contributed by atoms with Crippen molar-refractivity contribution < 1.29 is 0 Å². The van der Waals surface area contributed by atoms with E-state index in [1.165, 1.54) is 5.69 Å². The summed E-state index contributed by atoms with van der Waals surface area (Å²) in [7, 11) is 6.21. The van der Waals surface area contributed by atoms with Crippen LogP contribution in [0.4, 0.5) is 0 Å². The third-order valence-corrected chi connectivity index (χ3v) is 4.49. The SMILES string of the molecule is CCc1cc(CC(NN)C(C)(CC)N(C)C)n(C)n1. The molecular weight excluding hydrogens is 238 g/mol. The number of nitrogens with zero attached hydrogens (tertiary/aromatic N) is 3. The van der Waals surface area contributed by atoms with Crippen molar-refractivity contribution in [1.82, 2.24) is 20.1 Å². The first-order valence-electron chi connectivity index (χ1n) is 7.04. The van der Waals surface area contributed by atoms with Crippen LogP contribution in [0.2, 0.25) is 0 Å². The van der Waals surface area contributed by atoms with Gasteiger partial charge in [0.25, 0.3) is 0 Å². The standard InChI is InChI=1S/C14H29N5/c1-7-11-9-12(19(6)17-11)10-13(16-15)14(3,8-2)18(4)5/h9,13,16H,7-8,10,15H2,1-6H3. The van der Waals surface area contributed by atoms with Crippen LogP contribution in [-0.4, -0.2) is 40.4 Å². The van der Waals surface area contributed by atoms with Crippen LogP contribution in [0.25, 0.3) is 0 Å². The predicted molar refractivity (Wildman–Crippen MR) is 79.8 cm³/mol. The summed E-state index contributed by atoms with van der Waals surface area (Å²) < 4.78 is 1.97. The minimum Gasteiger partial charge on any atom is -0.302 e. The van der Waals surface area contributed by atoms with Crippen LogP contribution in [0, 0.1) is 0 Å². The summed E-state index contributed by atoms with van der Waals surface area (Å²) in [6.07, 6.45) is 2.88. The molecule has 1 aromatic heterocycles. The highest BCUT2D eigenvalue weighted by molar-refractivity contribution is 5.13. The number of hydrogen-bond donors (Lipinski definition) is 2. The van der Waals surface area contributed by atoms with Crippen LogP contribution in [0.5, 0.6) is 0 Å². The van der Waals surface area contributed by atoms with Crippen molar-refractivity contribution in [1.29, 1.82) is 0 Å². The van der Waals surface area contributed by atoms with Gasteiger partial charge in [-0.3, -0.25) is 16.0 Å². The first-order valence-corrected chi connectivity index (χ1v) is 7.04. The third kappa shape index (κ3) is 3.35. The molecule has 0 aliphatic heterocycles. The lowest BCUT2D eigenvalue weighted by atomic mass is 9.85. The van der Waals surface area contributed by atoms with Crippen molar-refractivity contribution in [2.75, 3.05) is 14.1 Å². The highest BCUT2D eigenvalue weighted by atomic mass is 15.3. The van der Waals surface area contributed by atoms with E-state index in [-0.39, 0.29) is 11.6 Å². The highest BCUT2D eigenvalue weighted by Crippen LogP contribution is 2.23. The molecule has 0 radical (unpaired) electrons. The zero-order chi connectivity index (χ0) is 14.6. The summed E-state index contributed by atoms with van der Waals surface area (Å²) in [5, 5.41) is 4.50. The molecule has 3 N–H and O–H groups in total. The van der Waals surface area contributed by atoms with Gasteiger partial charge in [-0.25, -0.2) is 0 Å². The molecule has 19 heavy (non-hydrogen) atoms. The lowest BCUT2D eigenvalue weighted by Gasteiger charge is -2.42. The molecule has 2 unspecified atom stereocenters. The van der Waals surface area contributed by atoms with E-state index in [9.17, 15) is 0 Å². The topological polar surface area (TPSA) is 59.1 Å². The molecule has 110 valence electrons. The molecule has 1 aromatic rings. The van der Waals surface area contributed by atoms with E-state index in [0.29, 0.717) is 0 Å². The number of aromatic nitrogens is 2. The van der Waals surface area contributed by atoms with Gasteiger partial charge in [0.2, 0.25) is 0 Å². The molecule has 0 fully saturated rings. The number of hydrazine groups is 1. The number of rotatable bonds is 7. The second kappa shape index (κ2) is 6.50. The average molecular weight is 267 g/mol. The van der Waals surface area contributed by atoms with Crippen molar-refractivity contribution in [2.24, 2.45) is 12.9 Å². The summed E-state index contributed by atoms with van der Waals surface area (Å²) in [5.41, 5.74) is 5.37. The number of nitrogens with one attached hydrogen (secondary N) is 1. The maximum atomic E-state index is 5.80. The van der Waals surface area contributed by atoms with Gasteiger partial charge in [0.05, 0.1) is 5.69 Å². The molecule has 0 bridgehead atoms. The van der Waals surface area contributed by atoms with E-state index in [0.717, 1.165) is 25.0 Å². The van der Waals surface area contributed by atoms with E-state index < -0.39 is 0 Å². The Hall–Kier alpha value is -0.910. The largest absolute Gasteiger partial charge is 0.302 e. The van der Waals surface area contributed by atoms with E-state index in [1.807, 2.05) is 11.7 Å². The van der Waals surface area contributed by atoms with Crippen molar-refractivity contribution in [2.45, 2.75) is 51.6 Å². The van der Waals surface area contributed by atoms with Gasteiger partial charge in [-0.1, -0.05) is 13.8 Å². The monoisotopic (exact) mass is 267 g/mol. The third-order valence-electron chi connectivity index (χ3n) is 4.49. The lowest BCUT2D eigenvalue weighted by molar-refractivity contribution is 0.111. The molecule has 1 rings (SSSR count). The molecule has 0 saturated heterocycles. The summed E-state index contributed by atoms with van der Waals surface area (Å²) in [6.45, 7) is 6.57. The fourth-order valence-corrected chi connectivity index (χ4v) is 2.48. The molecule has 5 nitrogen and oxygen atoms in total. The lowest BCUT2D eigenvalue weighted by Crippen LogP contribution is -2.59. The fourth-order valence-electron chi connectivity index (χ4n) is 2.48. The van der Waals surface area contributed by atoms with Crippen LogP contribution in [-0.2, 0) is 19.9 Å². The number of hydrogen-bond acceptors (Lipinski definition) is 4. The van der Waals surface area contributed by atoms with Crippen molar-refractivity contribution in [3.05, 3.63) is 17.5 Å². The van der Waals surface area contributed by atoms with Crippen LogP contribution < -0.4 is 11.3 Å². The molecular formula is C14H29N5. The Balaban J connectivity index is 2.95. The molecule has 0 aliphatic carbocycles. The quantitative estimate of drug-likeness (QED) is 0.573. The molecule has 0 amide bonds. The average Bonchev–Trinajstić information content (AvgIpc) is 2.75. The first-order chi connectivity index (χ1) is 8.88. The van der Waals surface area contributed by atoms with Crippen LogP contribution in [0.15, 0.2) is 6.07 Å². The van der Waals surface area contributed by atoms with Crippen molar-refractivity contribution >= 4 is 0 Å². The molecule has 0 aliphatic rings. The summed E-state index contributed by atoms with van der Waals surface area (Å²) in [4.78, 5) is 2.24. The second-order valence-electron chi connectivity index (χ2n) is 5.63. The van der Waals surface area contributed by atoms with Gasteiger partial charge >= 0.3 is 0 Å². The maximum absolute atomic E-state index is 5.80. The van der Waals surface area contributed by atoms with E-state index in [1.54, 1.807) is 0 Å². The summed E-state index contributed by atoms with van der Waals surface area (Å²) in [6, 6.07) is 2.36. The molecule has 1 heterocycles. The zero-order valence-electron chi connectivity index (χ0n) is 13.2. The highest BCUT2D eigenvalue weighted by Gasteiger charge is 2.34. The zero-order valence-corrected chi connectivity index (χ0v) is 13.2. The van der Waals surface area contributed by atoms with Crippen LogP contribution >= 0.6 is 0 Å². The van der Waals surface area contributed by atoms with Gasteiger partial charge in [0.1, 0.15) is 0 Å². The number of nitrogens with two attached hydrogens (primary N) is 1. The van der Waals surface area contributed by atoms with Crippen LogP contribution in [0.1, 0.15) is 38.6 Å². The van der Waals surface area contributed by atoms with Gasteiger partial charge in [0, 0.05) is 30.7 Å². The normalized spacial score (nSPS) is 16.6. The number of likely N-dealkylation sites (N-methyl/N-ethyl adjacent to an activating group) is 1. The molecule has 0 saturated carbocycles. The Labute approximate surface area is 117 Å². The maximum Gasteiger partial charge on any atom is 0.0624 e. The molecule has 5 heteroatoms. The predicted octanol–water partition coefficient (Wildman–Crippen LogP) is 1.09. The Morgan fingerprint density at radius 2 is 2.11 bits per heavy atom. The Morgan fingerprint density at radius 3 is 2.47 bits per heavy atom. The Bertz CT molecular complexity index is 399. The van der Waals surface area contributed by atoms with Crippen LogP contribution in [0.3, 0.4) is 0 Å². The fraction of sp³-hybridized carbons (Fsp3) is 0.786. The van der Waals surface area contributed by atoms with Gasteiger partial charge in [-0.15, -0.1) is 0 Å². The molecule has 0 spiro atoms. The van der Waals surface area contributed by atoms with Gasteiger partial charge in [-0.2, -0.15) is 5.10 Å².